The smallest absolute Gasteiger partial charge is 0.0704 e. The van der Waals surface area contributed by atoms with E-state index >= 15 is 0 Å². The molecule has 0 amide bonds. The summed E-state index contributed by atoms with van der Waals surface area (Å²) >= 11 is 0. The van der Waals surface area contributed by atoms with E-state index in [-0.39, 0.29) is 6.10 Å². The minimum Gasteiger partial charge on any atom is -0.377 e. The van der Waals surface area contributed by atoms with Crippen LogP contribution in [0.3, 0.4) is 0 Å². The Hall–Kier alpha value is -0.560. The molecule has 14 nitrogen and oxygen atoms in total. The van der Waals surface area contributed by atoms with Crippen molar-refractivity contribution in [3.05, 3.63) is 0 Å². The lowest BCUT2D eigenvalue weighted by Crippen LogP contribution is -2.33. The molecule has 46 heavy (non-hydrogen) atoms. The van der Waals surface area contributed by atoms with Crippen LogP contribution >= 0.6 is 0 Å². The molecule has 0 aromatic carbocycles. The van der Waals surface area contributed by atoms with Crippen molar-refractivity contribution in [3.8, 4) is 0 Å². The van der Waals surface area contributed by atoms with Gasteiger partial charge in [0.2, 0.25) is 0 Å². The molecular weight excluding hydrogens is 606 g/mol. The summed E-state index contributed by atoms with van der Waals surface area (Å²) in [6.45, 7) is 19.1. The molecule has 0 unspecified atom stereocenters. The molecule has 0 aliphatic carbocycles. The van der Waals surface area contributed by atoms with Gasteiger partial charge in [-0.25, -0.2) is 0 Å². The Kier molecular flexibility index (Phi) is 35.2. The highest BCUT2D eigenvalue weighted by atomic mass is 16.6. The summed E-state index contributed by atoms with van der Waals surface area (Å²) in [5.41, 5.74) is 0. The van der Waals surface area contributed by atoms with Gasteiger partial charge in [-0.3, -0.25) is 0 Å². The molecular formula is C32H65NO13. The maximum atomic E-state index is 5.79. The number of nitrogens with one attached hydrogen (secondary N) is 1. The fraction of sp³-hybridized carbons (Fsp3) is 1.00. The fourth-order valence-corrected chi connectivity index (χ4v) is 3.88. The lowest BCUT2D eigenvalue weighted by atomic mass is 10.1. The number of rotatable bonds is 38. The Morgan fingerprint density at radius 2 is 0.609 bits per heavy atom. The van der Waals surface area contributed by atoms with Crippen LogP contribution in [0.25, 0.3) is 0 Å². The lowest BCUT2D eigenvalue weighted by molar-refractivity contribution is -0.0329. The highest BCUT2D eigenvalue weighted by molar-refractivity contribution is 4.67. The summed E-state index contributed by atoms with van der Waals surface area (Å²) in [5.74, 6) is 0. The number of hydrogen-bond donors (Lipinski definition) is 1. The normalized spacial score (nSPS) is 14.2. The topological polar surface area (TPSA) is 132 Å². The molecule has 0 aromatic rings. The summed E-state index contributed by atoms with van der Waals surface area (Å²) in [7, 11) is 0. The molecule has 1 fully saturated rings. The van der Waals surface area contributed by atoms with Gasteiger partial charge in [0, 0.05) is 0 Å². The van der Waals surface area contributed by atoms with Crippen LogP contribution in [-0.4, -0.2) is 184 Å². The summed E-state index contributed by atoms with van der Waals surface area (Å²) in [6, 6.07) is 0. The second kappa shape index (κ2) is 37.3. The van der Waals surface area contributed by atoms with Crippen LogP contribution in [0.4, 0.5) is 0 Å². The Labute approximate surface area is 277 Å². The third kappa shape index (κ3) is 34.8. The number of ether oxygens (including phenoxy) is 13. The zero-order valence-corrected chi connectivity index (χ0v) is 28.8. The van der Waals surface area contributed by atoms with Crippen molar-refractivity contribution in [1.29, 1.82) is 0 Å². The molecule has 14 heteroatoms. The van der Waals surface area contributed by atoms with Gasteiger partial charge in [-0.2, -0.15) is 0 Å². The van der Waals surface area contributed by atoms with Crippen molar-refractivity contribution in [2.45, 2.75) is 38.9 Å². The third-order valence-electron chi connectivity index (χ3n) is 6.27. The van der Waals surface area contributed by atoms with E-state index in [0.717, 1.165) is 25.9 Å². The summed E-state index contributed by atoms with van der Waals surface area (Å²) in [5, 5.41) is 3.33. The summed E-state index contributed by atoms with van der Waals surface area (Å²) in [6.07, 6.45) is 2.77. The summed E-state index contributed by atoms with van der Waals surface area (Å²) < 4.78 is 71.5. The van der Waals surface area contributed by atoms with Gasteiger partial charge in [0.1, 0.15) is 0 Å². The van der Waals surface area contributed by atoms with E-state index in [1.165, 1.54) is 0 Å². The summed E-state index contributed by atoms with van der Waals surface area (Å²) in [4.78, 5) is 0. The van der Waals surface area contributed by atoms with E-state index < -0.39 is 0 Å². The van der Waals surface area contributed by atoms with Gasteiger partial charge in [-0.05, 0) is 39.8 Å². The molecule has 0 atom stereocenters. The predicted octanol–water partition coefficient (Wildman–Crippen LogP) is 1.36. The van der Waals surface area contributed by atoms with Crippen LogP contribution in [0.5, 0.6) is 0 Å². The molecule has 1 aliphatic heterocycles. The van der Waals surface area contributed by atoms with Gasteiger partial charge in [0.15, 0.2) is 0 Å². The van der Waals surface area contributed by atoms with Crippen molar-refractivity contribution >= 4 is 0 Å². The van der Waals surface area contributed by atoms with Crippen LogP contribution in [-0.2, 0) is 61.6 Å². The quantitative estimate of drug-likeness (QED) is 0.0948. The Bertz CT molecular complexity index is 574. The maximum Gasteiger partial charge on any atom is 0.0704 e. The van der Waals surface area contributed by atoms with Crippen molar-refractivity contribution in [2.75, 3.05) is 172 Å². The molecule has 0 saturated carbocycles. The lowest BCUT2D eigenvalue weighted by Gasteiger charge is -2.22. The van der Waals surface area contributed by atoms with E-state index in [2.05, 4.69) is 5.32 Å². The highest BCUT2D eigenvalue weighted by Gasteiger charge is 2.12. The Morgan fingerprint density at radius 3 is 0.870 bits per heavy atom. The van der Waals surface area contributed by atoms with Gasteiger partial charge in [0.25, 0.3) is 0 Å². The minimum atomic E-state index is 0.232. The van der Waals surface area contributed by atoms with Gasteiger partial charge in [-0.15, -0.1) is 0 Å². The van der Waals surface area contributed by atoms with Crippen LogP contribution in [0.2, 0.25) is 0 Å². The molecule has 1 N–H and O–H groups in total. The molecule has 0 spiro atoms. The first-order chi connectivity index (χ1) is 22.8. The first kappa shape index (κ1) is 43.5. The van der Waals surface area contributed by atoms with E-state index in [4.69, 9.17) is 61.6 Å². The van der Waals surface area contributed by atoms with Crippen molar-refractivity contribution in [3.63, 3.8) is 0 Å². The molecule has 276 valence electrons. The Balaban J connectivity index is 1.60. The highest BCUT2D eigenvalue weighted by Crippen LogP contribution is 2.06. The van der Waals surface area contributed by atoms with E-state index in [0.29, 0.717) is 165 Å². The van der Waals surface area contributed by atoms with Crippen LogP contribution in [0.1, 0.15) is 26.7 Å². The largest absolute Gasteiger partial charge is 0.377 e. The van der Waals surface area contributed by atoms with Crippen LogP contribution in [0, 0.1) is 0 Å². The monoisotopic (exact) mass is 671 g/mol. The van der Waals surface area contributed by atoms with Gasteiger partial charge in [0.05, 0.1) is 171 Å². The number of hydrogen-bond acceptors (Lipinski definition) is 14. The zero-order chi connectivity index (χ0) is 32.9. The van der Waals surface area contributed by atoms with Crippen LogP contribution < -0.4 is 5.32 Å². The standard InChI is InChI=1S/C32H65NO13/c1-31(2)45-29-27-43-25-23-41-21-19-39-17-15-37-13-11-35-9-7-34-8-10-36-12-14-38-16-18-40-20-22-42-24-26-44-28-30-46-32-3-5-33-6-4-32/h31-33H,3-30H2,1-2H3. The van der Waals surface area contributed by atoms with E-state index in [9.17, 15) is 0 Å². The molecule has 0 bridgehead atoms. The average molecular weight is 672 g/mol. The number of piperidine rings is 1. The second-order valence-electron chi connectivity index (χ2n) is 10.5. The van der Waals surface area contributed by atoms with E-state index in [1.807, 2.05) is 13.8 Å². The van der Waals surface area contributed by atoms with E-state index in [1.54, 1.807) is 0 Å². The third-order valence-corrected chi connectivity index (χ3v) is 6.27. The molecule has 0 radical (unpaired) electrons. The maximum absolute atomic E-state index is 5.79. The fourth-order valence-electron chi connectivity index (χ4n) is 3.88. The molecule has 0 aromatic heterocycles. The van der Waals surface area contributed by atoms with Crippen molar-refractivity contribution < 1.29 is 61.6 Å². The van der Waals surface area contributed by atoms with Crippen molar-refractivity contribution in [2.24, 2.45) is 0 Å². The SMILES string of the molecule is CC(C)OCCOCCOCCOCCOCCOCCOCCOCCOCCOCCOCCOCCOC1CCNCC1. The first-order valence-corrected chi connectivity index (χ1v) is 17.1. The second-order valence-corrected chi connectivity index (χ2v) is 10.5. The van der Waals surface area contributed by atoms with Crippen molar-refractivity contribution in [1.82, 2.24) is 5.32 Å². The molecule has 1 heterocycles. The Morgan fingerprint density at radius 1 is 0.370 bits per heavy atom. The van der Waals surface area contributed by atoms with Crippen LogP contribution in [0.15, 0.2) is 0 Å². The minimum absolute atomic E-state index is 0.232. The van der Waals surface area contributed by atoms with Gasteiger partial charge >= 0.3 is 0 Å². The molecule has 1 aliphatic rings. The molecule has 1 rings (SSSR count). The average Bonchev–Trinajstić information content (AvgIpc) is 3.06. The molecule has 1 saturated heterocycles. The predicted molar refractivity (Wildman–Crippen MR) is 172 cm³/mol. The van der Waals surface area contributed by atoms with Gasteiger partial charge < -0.3 is 66.9 Å². The zero-order valence-electron chi connectivity index (χ0n) is 28.8. The first-order valence-electron chi connectivity index (χ1n) is 17.1. The van der Waals surface area contributed by atoms with Gasteiger partial charge in [-0.1, -0.05) is 0 Å².